The van der Waals surface area contributed by atoms with E-state index < -0.39 is 0 Å². The molecule has 6 nitrogen and oxygen atoms in total. The number of rotatable bonds is 4. The van der Waals surface area contributed by atoms with Crippen LogP contribution in [0.25, 0.3) is 11.1 Å². The maximum absolute atomic E-state index is 13.3. The second kappa shape index (κ2) is 9.88. The Labute approximate surface area is 215 Å². The van der Waals surface area contributed by atoms with E-state index in [9.17, 15) is 9.90 Å². The standard InChI is InChI=1S/C28H33BrN4O2/c1-17-21(6-4-8-23(17)29)22-7-5-9-24(18(22)2)31-28(35)27-30-25-16-33(15-14-26(25)32(27)3)19-10-12-20(34)13-11-19/h4-9,19-20,34H,10-16H2,1-3H3,(H,31,35). The number of fused-ring (bicyclic) bond motifs is 1. The highest BCUT2D eigenvalue weighted by Gasteiger charge is 2.31. The van der Waals surface area contributed by atoms with Gasteiger partial charge in [-0.2, -0.15) is 0 Å². The molecule has 2 N–H and O–H groups in total. The third-order valence-electron chi connectivity index (χ3n) is 7.81. The molecule has 0 saturated heterocycles. The lowest BCUT2D eigenvalue weighted by Crippen LogP contribution is -2.42. The Morgan fingerprint density at radius 3 is 2.49 bits per heavy atom. The first-order chi connectivity index (χ1) is 16.8. The molecular weight excluding hydrogens is 504 g/mol. The van der Waals surface area contributed by atoms with Crippen LogP contribution in [0.2, 0.25) is 0 Å². The van der Waals surface area contributed by atoms with Crippen molar-refractivity contribution in [1.82, 2.24) is 14.5 Å². The molecule has 5 rings (SSSR count). The van der Waals surface area contributed by atoms with E-state index in [0.29, 0.717) is 11.9 Å². The highest BCUT2D eigenvalue weighted by Crippen LogP contribution is 2.34. The minimum Gasteiger partial charge on any atom is -0.393 e. The summed E-state index contributed by atoms with van der Waals surface area (Å²) in [5.41, 5.74) is 7.42. The number of hydrogen-bond donors (Lipinski definition) is 2. The van der Waals surface area contributed by atoms with Crippen LogP contribution in [0.3, 0.4) is 0 Å². The Morgan fingerprint density at radius 1 is 1.06 bits per heavy atom. The topological polar surface area (TPSA) is 70.4 Å². The van der Waals surface area contributed by atoms with Gasteiger partial charge in [0, 0.05) is 48.5 Å². The van der Waals surface area contributed by atoms with E-state index in [1.807, 2.05) is 42.8 Å². The molecule has 2 aliphatic rings. The summed E-state index contributed by atoms with van der Waals surface area (Å²) in [6, 6.07) is 12.7. The van der Waals surface area contributed by atoms with Crippen LogP contribution in [0.4, 0.5) is 5.69 Å². The third kappa shape index (κ3) is 4.69. The summed E-state index contributed by atoms with van der Waals surface area (Å²) in [6.45, 7) is 5.89. The molecule has 7 heteroatoms. The molecule has 1 amide bonds. The number of carbonyl (C=O) groups is 1. The van der Waals surface area contributed by atoms with Crippen molar-refractivity contribution in [2.45, 2.75) is 64.6 Å². The van der Waals surface area contributed by atoms with Gasteiger partial charge in [-0.05, 0) is 73.9 Å². The molecule has 35 heavy (non-hydrogen) atoms. The maximum atomic E-state index is 13.3. The number of imidazole rings is 1. The van der Waals surface area contributed by atoms with Gasteiger partial charge in [-0.15, -0.1) is 0 Å². The lowest BCUT2D eigenvalue weighted by atomic mass is 9.91. The normalized spacial score (nSPS) is 20.5. The van der Waals surface area contributed by atoms with Gasteiger partial charge < -0.3 is 15.0 Å². The van der Waals surface area contributed by atoms with Gasteiger partial charge in [0.25, 0.3) is 5.91 Å². The van der Waals surface area contributed by atoms with Gasteiger partial charge in [-0.1, -0.05) is 40.2 Å². The van der Waals surface area contributed by atoms with E-state index in [-0.39, 0.29) is 12.0 Å². The fourth-order valence-electron chi connectivity index (χ4n) is 5.63. The fraction of sp³-hybridized carbons (Fsp3) is 0.429. The quantitative estimate of drug-likeness (QED) is 0.469. The minimum atomic E-state index is -0.180. The summed E-state index contributed by atoms with van der Waals surface area (Å²) in [5.74, 6) is 0.278. The largest absolute Gasteiger partial charge is 0.393 e. The summed E-state index contributed by atoms with van der Waals surface area (Å²) in [6.07, 6.45) is 4.56. The van der Waals surface area contributed by atoms with Crippen molar-refractivity contribution in [2.24, 2.45) is 7.05 Å². The van der Waals surface area contributed by atoms with Gasteiger partial charge in [-0.3, -0.25) is 9.69 Å². The summed E-state index contributed by atoms with van der Waals surface area (Å²) < 4.78 is 3.03. The van der Waals surface area contributed by atoms with Crippen LogP contribution in [0.1, 0.15) is 58.8 Å². The predicted octanol–water partition coefficient (Wildman–Crippen LogP) is 5.38. The van der Waals surface area contributed by atoms with Crippen molar-refractivity contribution < 1.29 is 9.90 Å². The molecule has 1 fully saturated rings. The Kier molecular flexibility index (Phi) is 6.84. The summed E-state index contributed by atoms with van der Waals surface area (Å²) in [7, 11) is 1.95. The van der Waals surface area contributed by atoms with Gasteiger partial charge in [-0.25, -0.2) is 4.98 Å². The zero-order valence-electron chi connectivity index (χ0n) is 20.6. The third-order valence-corrected chi connectivity index (χ3v) is 8.67. The van der Waals surface area contributed by atoms with Crippen LogP contribution in [-0.2, 0) is 20.0 Å². The molecule has 2 heterocycles. The molecule has 1 saturated carbocycles. The van der Waals surface area contributed by atoms with Crippen LogP contribution in [-0.4, -0.2) is 44.2 Å². The number of aromatic nitrogens is 2. The van der Waals surface area contributed by atoms with Crippen LogP contribution >= 0.6 is 15.9 Å². The Balaban J connectivity index is 1.36. The predicted molar refractivity (Wildman–Crippen MR) is 143 cm³/mol. The number of aliphatic hydroxyl groups excluding tert-OH is 1. The molecule has 0 atom stereocenters. The molecule has 0 bridgehead atoms. The number of anilines is 1. The Morgan fingerprint density at radius 2 is 1.74 bits per heavy atom. The number of carbonyl (C=O) groups excluding carboxylic acids is 1. The zero-order chi connectivity index (χ0) is 24.7. The number of aliphatic hydroxyl groups is 1. The fourth-order valence-corrected chi connectivity index (χ4v) is 5.99. The van der Waals surface area contributed by atoms with Gasteiger partial charge in [0.2, 0.25) is 0 Å². The molecule has 0 unspecified atom stereocenters. The van der Waals surface area contributed by atoms with Crippen molar-refractivity contribution in [3.63, 3.8) is 0 Å². The number of nitrogens with one attached hydrogen (secondary N) is 1. The van der Waals surface area contributed by atoms with E-state index in [2.05, 4.69) is 45.2 Å². The lowest BCUT2D eigenvalue weighted by Gasteiger charge is -2.37. The van der Waals surface area contributed by atoms with Crippen molar-refractivity contribution >= 4 is 27.5 Å². The second-order valence-electron chi connectivity index (χ2n) is 9.92. The van der Waals surface area contributed by atoms with Crippen LogP contribution in [0, 0.1) is 13.8 Å². The Hall–Kier alpha value is -2.48. The molecule has 184 valence electrons. The van der Waals surface area contributed by atoms with Crippen molar-refractivity contribution in [3.8, 4) is 11.1 Å². The first kappa shape index (κ1) is 24.2. The molecule has 1 aromatic heterocycles. The average molecular weight is 538 g/mol. The summed E-state index contributed by atoms with van der Waals surface area (Å²) in [4.78, 5) is 20.6. The number of benzene rings is 2. The SMILES string of the molecule is Cc1c(Br)cccc1-c1cccc(NC(=O)c2nc3c(n2C)CCN(C2CCC(O)CC2)C3)c1C. The van der Waals surface area contributed by atoms with Gasteiger partial charge in [0.1, 0.15) is 0 Å². The van der Waals surface area contributed by atoms with Crippen LogP contribution in [0.5, 0.6) is 0 Å². The van der Waals surface area contributed by atoms with E-state index in [1.165, 1.54) is 5.56 Å². The smallest absolute Gasteiger partial charge is 0.291 e. The van der Waals surface area contributed by atoms with E-state index in [1.54, 1.807) is 0 Å². The number of amides is 1. The maximum Gasteiger partial charge on any atom is 0.291 e. The highest BCUT2D eigenvalue weighted by atomic mass is 79.9. The molecular formula is C28H33BrN4O2. The molecule has 0 spiro atoms. The van der Waals surface area contributed by atoms with Crippen LogP contribution in [0.15, 0.2) is 40.9 Å². The number of hydrogen-bond acceptors (Lipinski definition) is 4. The van der Waals surface area contributed by atoms with Crippen LogP contribution < -0.4 is 5.32 Å². The first-order valence-electron chi connectivity index (χ1n) is 12.5. The van der Waals surface area contributed by atoms with Gasteiger partial charge in [0.05, 0.1) is 11.8 Å². The highest BCUT2D eigenvalue weighted by molar-refractivity contribution is 9.10. The lowest BCUT2D eigenvalue weighted by molar-refractivity contribution is 0.0668. The summed E-state index contributed by atoms with van der Waals surface area (Å²) in [5, 5.41) is 13.0. The Bertz CT molecular complexity index is 1260. The molecule has 1 aliphatic carbocycles. The number of halogens is 1. The average Bonchev–Trinajstić information content (AvgIpc) is 3.19. The van der Waals surface area contributed by atoms with Crippen molar-refractivity contribution in [2.75, 3.05) is 11.9 Å². The number of nitrogens with zero attached hydrogens (tertiary/aromatic N) is 3. The van der Waals surface area contributed by atoms with Gasteiger partial charge >= 0.3 is 0 Å². The monoisotopic (exact) mass is 536 g/mol. The van der Waals surface area contributed by atoms with Gasteiger partial charge in [0.15, 0.2) is 5.82 Å². The molecule has 0 radical (unpaired) electrons. The molecule has 3 aromatic rings. The zero-order valence-corrected chi connectivity index (χ0v) is 22.2. The minimum absolute atomic E-state index is 0.147. The van der Waals surface area contributed by atoms with Crippen molar-refractivity contribution in [3.05, 3.63) is 69.2 Å². The van der Waals surface area contributed by atoms with E-state index >= 15 is 0 Å². The van der Waals surface area contributed by atoms with E-state index in [0.717, 1.165) is 83.4 Å². The molecule has 2 aromatic carbocycles. The summed E-state index contributed by atoms with van der Waals surface area (Å²) >= 11 is 3.63. The van der Waals surface area contributed by atoms with E-state index in [4.69, 9.17) is 4.98 Å². The second-order valence-corrected chi connectivity index (χ2v) is 10.8. The molecule has 1 aliphatic heterocycles. The van der Waals surface area contributed by atoms with Crippen molar-refractivity contribution in [1.29, 1.82) is 0 Å². The first-order valence-corrected chi connectivity index (χ1v) is 13.3.